The van der Waals surface area contributed by atoms with Gasteiger partial charge in [0.15, 0.2) is 0 Å². The van der Waals surface area contributed by atoms with Gasteiger partial charge in [0.25, 0.3) is 5.91 Å². The maximum absolute atomic E-state index is 12.7. The Labute approximate surface area is 126 Å². The number of amides is 1. The zero-order valence-corrected chi connectivity index (χ0v) is 12.7. The summed E-state index contributed by atoms with van der Waals surface area (Å²) < 4.78 is 0. The summed E-state index contributed by atoms with van der Waals surface area (Å²) in [5.74, 6) is 0.325. The molecule has 1 N–H and O–H groups in total. The molecule has 0 spiro atoms. The first-order chi connectivity index (χ1) is 10.2. The minimum atomic E-state index is -0.242. The number of carbonyl (C=O) groups excluding carboxylic acids is 1. The number of hydrogen-bond acceptors (Lipinski definition) is 3. The highest BCUT2D eigenvalue weighted by molar-refractivity contribution is 5.94. The highest BCUT2D eigenvalue weighted by Gasteiger charge is 2.39. The average Bonchev–Trinajstić information content (AvgIpc) is 2.97. The van der Waals surface area contributed by atoms with Crippen molar-refractivity contribution in [2.75, 3.05) is 6.54 Å². The lowest BCUT2D eigenvalue weighted by atomic mass is 9.80. The Morgan fingerprint density at radius 3 is 2.76 bits per heavy atom. The number of carbonyl (C=O) groups is 1. The monoisotopic (exact) mass is 288 g/mol. The lowest BCUT2D eigenvalue weighted by Crippen LogP contribution is -2.45. The zero-order valence-electron chi connectivity index (χ0n) is 12.7. The first-order valence-corrected chi connectivity index (χ1v) is 8.08. The molecule has 1 aliphatic heterocycles. The second kappa shape index (κ2) is 6.14. The number of rotatable bonds is 2. The molecule has 4 nitrogen and oxygen atoms in total. The van der Waals surface area contributed by atoms with Gasteiger partial charge < -0.3 is 10.0 Å². The van der Waals surface area contributed by atoms with Gasteiger partial charge in [-0.3, -0.25) is 9.78 Å². The van der Waals surface area contributed by atoms with E-state index in [1.807, 2.05) is 24.0 Å². The molecule has 4 heteroatoms. The van der Waals surface area contributed by atoms with Gasteiger partial charge in [-0.1, -0.05) is 12.8 Å². The molecule has 0 radical (unpaired) electrons. The third-order valence-electron chi connectivity index (χ3n) is 4.99. The Bertz CT molecular complexity index is 500. The van der Waals surface area contributed by atoms with Gasteiger partial charge in [0.05, 0.1) is 11.7 Å². The molecule has 0 bridgehead atoms. The minimum absolute atomic E-state index is 0.0720. The Hall–Kier alpha value is -1.42. The molecule has 1 saturated heterocycles. The van der Waals surface area contributed by atoms with Crippen LogP contribution in [0.15, 0.2) is 18.3 Å². The third-order valence-corrected chi connectivity index (χ3v) is 4.99. The molecule has 3 atom stereocenters. The first kappa shape index (κ1) is 14.5. The normalized spacial score (nSPS) is 29.6. The third kappa shape index (κ3) is 2.95. The molecule has 1 aromatic heterocycles. The summed E-state index contributed by atoms with van der Waals surface area (Å²) in [6.07, 6.45) is 7.70. The maximum atomic E-state index is 12.7. The summed E-state index contributed by atoms with van der Waals surface area (Å²) in [5.41, 5.74) is 1.59. The Balaban J connectivity index is 1.76. The summed E-state index contributed by atoms with van der Waals surface area (Å²) in [6.45, 7) is 2.73. The van der Waals surface area contributed by atoms with Crippen LogP contribution >= 0.6 is 0 Å². The number of nitrogens with zero attached hydrogens (tertiary/aromatic N) is 2. The highest BCUT2D eigenvalue weighted by Crippen LogP contribution is 2.35. The van der Waals surface area contributed by atoms with Gasteiger partial charge in [-0.05, 0) is 44.7 Å². The molecule has 1 aromatic rings. The zero-order chi connectivity index (χ0) is 14.8. The smallest absolute Gasteiger partial charge is 0.255 e. The number of likely N-dealkylation sites (tertiary alicyclic amines) is 1. The van der Waals surface area contributed by atoms with Crippen molar-refractivity contribution in [2.45, 2.75) is 57.6 Å². The summed E-state index contributed by atoms with van der Waals surface area (Å²) in [6, 6.07) is 3.94. The van der Waals surface area contributed by atoms with E-state index in [0.717, 1.165) is 44.3 Å². The van der Waals surface area contributed by atoms with Crippen LogP contribution in [-0.4, -0.2) is 39.6 Å². The van der Waals surface area contributed by atoms with Crippen LogP contribution < -0.4 is 0 Å². The van der Waals surface area contributed by atoms with Crippen LogP contribution in [0, 0.1) is 12.8 Å². The predicted octanol–water partition coefficient (Wildman–Crippen LogP) is 2.55. The fraction of sp³-hybridized carbons (Fsp3) is 0.647. The van der Waals surface area contributed by atoms with E-state index in [0.29, 0.717) is 5.56 Å². The lowest BCUT2D eigenvalue weighted by molar-refractivity contribution is 0.0211. The quantitative estimate of drug-likeness (QED) is 0.910. The molecule has 1 aliphatic carbocycles. The summed E-state index contributed by atoms with van der Waals surface area (Å²) in [7, 11) is 0. The molecule has 21 heavy (non-hydrogen) atoms. The number of pyridine rings is 1. The fourth-order valence-electron chi connectivity index (χ4n) is 3.84. The van der Waals surface area contributed by atoms with Crippen molar-refractivity contribution >= 4 is 5.91 Å². The standard InChI is InChI=1S/C17H24N2O2/c1-12-8-9-13(11-18-12)17(21)19-10-4-6-15(19)14-5-2-3-7-16(14)20/h8-9,11,14-16,20H,2-7,10H2,1H3/t14-,15+,16+/m0/s1. The second-order valence-electron chi connectivity index (χ2n) is 6.41. The van der Waals surface area contributed by atoms with E-state index in [4.69, 9.17) is 0 Å². The molecular formula is C17H24N2O2. The SMILES string of the molecule is Cc1ccc(C(=O)N2CCC[C@@H]2[C@@H]2CCCC[C@H]2O)cn1. The van der Waals surface area contributed by atoms with Crippen molar-refractivity contribution in [3.05, 3.63) is 29.6 Å². The lowest BCUT2D eigenvalue weighted by Gasteiger charge is -2.37. The number of aryl methyl sites for hydroxylation is 1. The number of hydrogen-bond donors (Lipinski definition) is 1. The molecular weight excluding hydrogens is 264 g/mol. The van der Waals surface area contributed by atoms with Crippen LogP contribution in [0.4, 0.5) is 0 Å². The molecule has 114 valence electrons. The predicted molar refractivity (Wildman–Crippen MR) is 81.0 cm³/mol. The van der Waals surface area contributed by atoms with Crippen molar-refractivity contribution < 1.29 is 9.90 Å². The Kier molecular flexibility index (Phi) is 4.24. The van der Waals surface area contributed by atoms with Crippen LogP contribution in [0.5, 0.6) is 0 Å². The fourth-order valence-corrected chi connectivity index (χ4v) is 3.84. The van der Waals surface area contributed by atoms with Crippen LogP contribution in [0.2, 0.25) is 0 Å². The van der Waals surface area contributed by atoms with E-state index in [9.17, 15) is 9.90 Å². The summed E-state index contributed by atoms with van der Waals surface area (Å²) in [4.78, 5) is 18.9. The van der Waals surface area contributed by atoms with Gasteiger partial charge in [-0.15, -0.1) is 0 Å². The minimum Gasteiger partial charge on any atom is -0.393 e. The van der Waals surface area contributed by atoms with Crippen LogP contribution in [0.25, 0.3) is 0 Å². The highest BCUT2D eigenvalue weighted by atomic mass is 16.3. The van der Waals surface area contributed by atoms with Crippen LogP contribution in [0.3, 0.4) is 0 Å². The summed E-state index contributed by atoms with van der Waals surface area (Å²) >= 11 is 0. The molecule has 3 rings (SSSR count). The number of aliphatic hydroxyl groups is 1. The molecule has 1 saturated carbocycles. The number of aromatic nitrogens is 1. The Morgan fingerprint density at radius 2 is 2.05 bits per heavy atom. The average molecular weight is 288 g/mol. The number of aliphatic hydroxyl groups excluding tert-OH is 1. The van der Waals surface area contributed by atoms with Gasteiger partial charge in [0, 0.05) is 30.4 Å². The maximum Gasteiger partial charge on any atom is 0.255 e. The van der Waals surface area contributed by atoms with Crippen LogP contribution in [0.1, 0.15) is 54.6 Å². The topological polar surface area (TPSA) is 53.4 Å². The largest absolute Gasteiger partial charge is 0.393 e. The van der Waals surface area contributed by atoms with Crippen LogP contribution in [-0.2, 0) is 0 Å². The van der Waals surface area contributed by atoms with E-state index in [1.54, 1.807) is 6.20 Å². The Morgan fingerprint density at radius 1 is 1.24 bits per heavy atom. The van der Waals surface area contributed by atoms with Crippen molar-refractivity contribution in [1.29, 1.82) is 0 Å². The van der Waals surface area contributed by atoms with Crippen molar-refractivity contribution in [3.63, 3.8) is 0 Å². The van der Waals surface area contributed by atoms with Gasteiger partial charge in [0.1, 0.15) is 0 Å². The van der Waals surface area contributed by atoms with E-state index in [-0.39, 0.29) is 24.0 Å². The molecule has 2 fully saturated rings. The van der Waals surface area contributed by atoms with Gasteiger partial charge in [-0.2, -0.15) is 0 Å². The van der Waals surface area contributed by atoms with E-state index < -0.39 is 0 Å². The molecule has 0 aromatic carbocycles. The van der Waals surface area contributed by atoms with E-state index in [1.165, 1.54) is 6.42 Å². The van der Waals surface area contributed by atoms with Gasteiger partial charge >= 0.3 is 0 Å². The van der Waals surface area contributed by atoms with Crippen molar-refractivity contribution in [2.24, 2.45) is 5.92 Å². The summed E-state index contributed by atoms with van der Waals surface area (Å²) in [5, 5.41) is 10.3. The molecule has 2 aliphatic rings. The van der Waals surface area contributed by atoms with E-state index in [2.05, 4.69) is 4.98 Å². The van der Waals surface area contributed by atoms with Gasteiger partial charge in [0.2, 0.25) is 0 Å². The van der Waals surface area contributed by atoms with Gasteiger partial charge in [-0.25, -0.2) is 0 Å². The first-order valence-electron chi connectivity index (χ1n) is 8.08. The van der Waals surface area contributed by atoms with E-state index >= 15 is 0 Å². The van der Waals surface area contributed by atoms with Crippen molar-refractivity contribution in [3.8, 4) is 0 Å². The molecule has 1 amide bonds. The second-order valence-corrected chi connectivity index (χ2v) is 6.41. The molecule has 2 heterocycles. The molecule has 0 unspecified atom stereocenters. The van der Waals surface area contributed by atoms with Crippen molar-refractivity contribution in [1.82, 2.24) is 9.88 Å².